The number of nitrogens with one attached hydrogen (secondary N) is 1. The Morgan fingerprint density at radius 2 is 2.20 bits per heavy atom. The van der Waals surface area contributed by atoms with E-state index in [-0.39, 0.29) is 0 Å². The van der Waals surface area contributed by atoms with Crippen molar-refractivity contribution in [3.8, 4) is 0 Å². The second kappa shape index (κ2) is 7.65. The molecule has 25 heavy (non-hydrogen) atoms. The Morgan fingerprint density at radius 3 is 2.84 bits per heavy atom. The summed E-state index contributed by atoms with van der Waals surface area (Å²) in [6, 6.07) is 0.297. The Hall–Kier alpha value is -2.41. The number of rotatable bonds is 6. The Balaban J connectivity index is 2.14. The number of hydrogen-bond acceptors (Lipinski definition) is 5. The molecule has 0 bridgehead atoms. The standard InChI is InChI=1S/C18H24N4O3/c1-3-15-13(5-6-16(23)24)17(20-12-7-9-25-10-8-12)14-11-19-22(4-2)18(14)21-15/h5-6,11-12H,3-4,7-10H2,1-2H3,(H,20,21)(H,23,24). The fourth-order valence-corrected chi connectivity index (χ4v) is 3.19. The zero-order valence-electron chi connectivity index (χ0n) is 14.7. The number of anilines is 1. The normalized spacial score (nSPS) is 15.9. The number of aliphatic carboxylic acids is 1. The molecule has 134 valence electrons. The first-order valence-electron chi connectivity index (χ1n) is 8.77. The summed E-state index contributed by atoms with van der Waals surface area (Å²) >= 11 is 0. The number of carboxylic acid groups (broad SMARTS) is 1. The van der Waals surface area contributed by atoms with Crippen LogP contribution in [0.15, 0.2) is 12.3 Å². The Morgan fingerprint density at radius 1 is 1.44 bits per heavy atom. The van der Waals surface area contributed by atoms with Gasteiger partial charge in [0.15, 0.2) is 5.65 Å². The van der Waals surface area contributed by atoms with Gasteiger partial charge in [-0.3, -0.25) is 0 Å². The van der Waals surface area contributed by atoms with Crippen LogP contribution in [0.2, 0.25) is 0 Å². The Kier molecular flexibility index (Phi) is 5.33. The van der Waals surface area contributed by atoms with E-state index in [9.17, 15) is 4.79 Å². The predicted octanol–water partition coefficient (Wildman–Crippen LogP) is 2.70. The summed E-state index contributed by atoms with van der Waals surface area (Å²) in [6.45, 7) is 6.27. The summed E-state index contributed by atoms with van der Waals surface area (Å²) in [4.78, 5) is 15.8. The van der Waals surface area contributed by atoms with Crippen LogP contribution in [-0.2, 0) is 22.5 Å². The molecule has 2 aromatic heterocycles. The van der Waals surface area contributed by atoms with Crippen LogP contribution in [0.3, 0.4) is 0 Å². The van der Waals surface area contributed by atoms with Gasteiger partial charge in [-0.15, -0.1) is 0 Å². The van der Waals surface area contributed by atoms with Crippen molar-refractivity contribution in [1.82, 2.24) is 14.8 Å². The molecule has 0 spiro atoms. The largest absolute Gasteiger partial charge is 0.478 e. The summed E-state index contributed by atoms with van der Waals surface area (Å²) in [6.07, 6.45) is 7.18. The number of pyridine rings is 1. The third kappa shape index (κ3) is 3.66. The average molecular weight is 344 g/mol. The summed E-state index contributed by atoms with van der Waals surface area (Å²) in [5.74, 6) is -0.969. The summed E-state index contributed by atoms with van der Waals surface area (Å²) < 4.78 is 7.31. The van der Waals surface area contributed by atoms with E-state index < -0.39 is 5.97 Å². The van der Waals surface area contributed by atoms with E-state index >= 15 is 0 Å². The minimum absolute atomic E-state index is 0.297. The van der Waals surface area contributed by atoms with Crippen LogP contribution in [0, 0.1) is 0 Å². The lowest BCUT2D eigenvalue weighted by Crippen LogP contribution is -2.28. The van der Waals surface area contributed by atoms with E-state index in [1.54, 1.807) is 6.08 Å². The number of ether oxygens (including phenoxy) is 1. The molecule has 0 radical (unpaired) electrons. The van der Waals surface area contributed by atoms with Crippen molar-refractivity contribution >= 4 is 28.8 Å². The van der Waals surface area contributed by atoms with Crippen LogP contribution >= 0.6 is 0 Å². The number of aryl methyl sites for hydroxylation is 2. The monoisotopic (exact) mass is 344 g/mol. The molecule has 7 heteroatoms. The lowest BCUT2D eigenvalue weighted by Gasteiger charge is -2.26. The van der Waals surface area contributed by atoms with Crippen LogP contribution in [0.25, 0.3) is 17.1 Å². The van der Waals surface area contributed by atoms with Crippen molar-refractivity contribution < 1.29 is 14.6 Å². The first-order valence-corrected chi connectivity index (χ1v) is 8.77. The van der Waals surface area contributed by atoms with Crippen LogP contribution in [0.5, 0.6) is 0 Å². The molecule has 0 saturated carbocycles. The minimum atomic E-state index is -0.969. The molecule has 2 N–H and O–H groups in total. The van der Waals surface area contributed by atoms with Gasteiger partial charge in [0.25, 0.3) is 0 Å². The summed E-state index contributed by atoms with van der Waals surface area (Å²) in [5, 5.41) is 18.0. The van der Waals surface area contributed by atoms with E-state index in [1.165, 1.54) is 6.08 Å². The molecule has 3 heterocycles. The quantitative estimate of drug-likeness (QED) is 0.783. The SMILES string of the molecule is CCc1nc2c(cnn2CC)c(NC2CCOCC2)c1C=CC(=O)O. The van der Waals surface area contributed by atoms with Gasteiger partial charge in [0.2, 0.25) is 0 Å². The van der Waals surface area contributed by atoms with Gasteiger partial charge in [0, 0.05) is 37.4 Å². The highest BCUT2D eigenvalue weighted by atomic mass is 16.5. The topological polar surface area (TPSA) is 89.3 Å². The smallest absolute Gasteiger partial charge is 0.328 e. The highest BCUT2D eigenvalue weighted by Gasteiger charge is 2.20. The number of carboxylic acids is 1. The van der Waals surface area contributed by atoms with Gasteiger partial charge in [0.05, 0.1) is 23.0 Å². The second-order valence-electron chi connectivity index (χ2n) is 6.10. The number of hydrogen-bond donors (Lipinski definition) is 2. The van der Waals surface area contributed by atoms with Gasteiger partial charge in [0.1, 0.15) is 0 Å². The molecule has 0 unspecified atom stereocenters. The van der Waals surface area contributed by atoms with Crippen molar-refractivity contribution in [2.75, 3.05) is 18.5 Å². The molecule has 3 rings (SSSR count). The zero-order valence-corrected chi connectivity index (χ0v) is 14.7. The van der Waals surface area contributed by atoms with Crippen LogP contribution < -0.4 is 5.32 Å². The lowest BCUT2D eigenvalue weighted by molar-refractivity contribution is -0.131. The van der Waals surface area contributed by atoms with Crippen molar-refractivity contribution in [2.45, 2.75) is 45.7 Å². The molecule has 0 atom stereocenters. The molecular weight excluding hydrogens is 320 g/mol. The lowest BCUT2D eigenvalue weighted by atomic mass is 10.0. The highest BCUT2D eigenvalue weighted by molar-refractivity contribution is 5.97. The van der Waals surface area contributed by atoms with Gasteiger partial charge in [-0.05, 0) is 32.3 Å². The molecule has 7 nitrogen and oxygen atoms in total. The molecule has 1 saturated heterocycles. The molecule has 1 aliphatic heterocycles. The molecule has 1 fully saturated rings. The number of aromatic nitrogens is 3. The average Bonchev–Trinajstić information content (AvgIpc) is 3.04. The predicted molar refractivity (Wildman–Crippen MR) is 96.7 cm³/mol. The van der Waals surface area contributed by atoms with E-state index in [0.717, 1.165) is 60.6 Å². The van der Waals surface area contributed by atoms with Crippen molar-refractivity contribution in [3.05, 3.63) is 23.5 Å². The van der Waals surface area contributed by atoms with Crippen molar-refractivity contribution in [3.63, 3.8) is 0 Å². The van der Waals surface area contributed by atoms with E-state index in [2.05, 4.69) is 10.4 Å². The maximum atomic E-state index is 11.0. The van der Waals surface area contributed by atoms with Crippen molar-refractivity contribution in [2.24, 2.45) is 0 Å². The second-order valence-corrected chi connectivity index (χ2v) is 6.10. The van der Waals surface area contributed by atoms with Gasteiger partial charge in [-0.25, -0.2) is 14.5 Å². The molecule has 2 aromatic rings. The van der Waals surface area contributed by atoms with E-state index in [0.29, 0.717) is 12.5 Å². The van der Waals surface area contributed by atoms with Crippen molar-refractivity contribution in [1.29, 1.82) is 0 Å². The molecule has 0 amide bonds. The highest BCUT2D eigenvalue weighted by Crippen LogP contribution is 2.32. The fraction of sp³-hybridized carbons (Fsp3) is 0.500. The molecule has 0 aromatic carbocycles. The third-order valence-electron chi connectivity index (χ3n) is 4.50. The van der Waals surface area contributed by atoms with Gasteiger partial charge < -0.3 is 15.2 Å². The Labute approximate surface area is 146 Å². The maximum Gasteiger partial charge on any atom is 0.328 e. The van der Waals surface area contributed by atoms with Crippen LogP contribution in [-0.4, -0.2) is 45.1 Å². The number of carbonyl (C=O) groups is 1. The summed E-state index contributed by atoms with van der Waals surface area (Å²) in [7, 11) is 0. The molecule has 0 aliphatic carbocycles. The first-order chi connectivity index (χ1) is 12.1. The molecule has 1 aliphatic rings. The maximum absolute atomic E-state index is 11.0. The summed E-state index contributed by atoms with van der Waals surface area (Å²) in [5.41, 5.74) is 3.46. The minimum Gasteiger partial charge on any atom is -0.478 e. The molecular formula is C18H24N4O3. The number of nitrogens with zero attached hydrogens (tertiary/aromatic N) is 3. The van der Waals surface area contributed by atoms with E-state index in [1.807, 2.05) is 24.7 Å². The van der Waals surface area contributed by atoms with Crippen LogP contribution in [0.4, 0.5) is 5.69 Å². The van der Waals surface area contributed by atoms with Gasteiger partial charge >= 0.3 is 5.97 Å². The fourth-order valence-electron chi connectivity index (χ4n) is 3.19. The van der Waals surface area contributed by atoms with Gasteiger partial charge in [-0.2, -0.15) is 5.10 Å². The Bertz CT molecular complexity index is 791. The van der Waals surface area contributed by atoms with Crippen LogP contribution in [0.1, 0.15) is 37.9 Å². The zero-order chi connectivity index (χ0) is 17.8. The third-order valence-corrected chi connectivity index (χ3v) is 4.50. The van der Waals surface area contributed by atoms with E-state index in [4.69, 9.17) is 14.8 Å². The first kappa shape index (κ1) is 17.4. The van der Waals surface area contributed by atoms with Gasteiger partial charge in [-0.1, -0.05) is 6.92 Å². The number of fused-ring (bicyclic) bond motifs is 1.